The molecule has 0 radical (unpaired) electrons. The minimum absolute atomic E-state index is 0.0571. The average Bonchev–Trinajstić information content (AvgIpc) is 2.69. The van der Waals surface area contributed by atoms with Crippen molar-refractivity contribution in [2.45, 2.75) is 16.3 Å². The Morgan fingerprint density at radius 3 is 2.32 bits per heavy atom. The van der Waals surface area contributed by atoms with Crippen molar-refractivity contribution in [1.82, 2.24) is 4.72 Å². The third-order valence-electron chi connectivity index (χ3n) is 3.26. The van der Waals surface area contributed by atoms with Crippen LogP contribution in [0.5, 0.6) is 11.5 Å². The van der Waals surface area contributed by atoms with E-state index in [1.807, 2.05) is 0 Å². The molecule has 1 fully saturated rings. The highest BCUT2D eigenvalue weighted by Gasteiger charge is 2.39. The summed E-state index contributed by atoms with van der Waals surface area (Å²) in [5.74, 6) is 0.0911. The van der Waals surface area contributed by atoms with Gasteiger partial charge in [0.25, 0.3) is 0 Å². The topological polar surface area (TPSA) is 98.8 Å². The van der Waals surface area contributed by atoms with Crippen molar-refractivity contribution in [2.75, 3.05) is 25.7 Å². The molecule has 1 aliphatic heterocycles. The Morgan fingerprint density at radius 1 is 1.18 bits per heavy atom. The van der Waals surface area contributed by atoms with Crippen LogP contribution in [0.15, 0.2) is 23.1 Å². The number of sulfone groups is 1. The van der Waals surface area contributed by atoms with E-state index in [0.29, 0.717) is 5.75 Å². The molecule has 22 heavy (non-hydrogen) atoms. The number of methoxy groups -OCH3 is 2. The van der Waals surface area contributed by atoms with Crippen molar-refractivity contribution < 1.29 is 26.3 Å². The van der Waals surface area contributed by atoms with Gasteiger partial charge in [0.2, 0.25) is 10.0 Å². The zero-order valence-corrected chi connectivity index (χ0v) is 14.3. The first-order valence-electron chi connectivity index (χ1n) is 6.27. The molecule has 7 nitrogen and oxygen atoms in total. The number of alkyl halides is 1. The second-order valence-electron chi connectivity index (χ2n) is 4.84. The Balaban J connectivity index is 2.28. The maximum atomic E-state index is 12.4. The van der Waals surface area contributed by atoms with E-state index < -0.39 is 31.3 Å². The van der Waals surface area contributed by atoms with Crippen molar-refractivity contribution in [2.24, 2.45) is 0 Å². The number of hydrogen-bond donors (Lipinski definition) is 1. The molecular weight excluding hydrogens is 354 g/mol. The highest BCUT2D eigenvalue weighted by atomic mass is 35.5. The Bertz CT molecular complexity index is 762. The van der Waals surface area contributed by atoms with E-state index in [-0.39, 0.29) is 22.2 Å². The lowest BCUT2D eigenvalue weighted by atomic mass is 10.3. The fourth-order valence-electron chi connectivity index (χ4n) is 2.16. The van der Waals surface area contributed by atoms with Gasteiger partial charge in [0.1, 0.15) is 0 Å². The van der Waals surface area contributed by atoms with Gasteiger partial charge < -0.3 is 9.47 Å². The zero-order chi connectivity index (χ0) is 16.5. The van der Waals surface area contributed by atoms with Crippen molar-refractivity contribution in [3.05, 3.63) is 18.2 Å². The summed E-state index contributed by atoms with van der Waals surface area (Å²) in [5, 5.41) is -0.792. The molecule has 0 unspecified atom stereocenters. The minimum Gasteiger partial charge on any atom is -0.493 e. The van der Waals surface area contributed by atoms with Gasteiger partial charge in [-0.3, -0.25) is 0 Å². The van der Waals surface area contributed by atoms with E-state index in [4.69, 9.17) is 21.1 Å². The number of rotatable bonds is 5. The van der Waals surface area contributed by atoms with Crippen LogP contribution in [0.25, 0.3) is 0 Å². The Kier molecular flexibility index (Phi) is 4.90. The normalized spacial score (nSPS) is 24.1. The van der Waals surface area contributed by atoms with E-state index in [9.17, 15) is 16.8 Å². The lowest BCUT2D eigenvalue weighted by Crippen LogP contribution is -2.40. The Labute approximate surface area is 134 Å². The molecule has 1 saturated heterocycles. The predicted molar refractivity (Wildman–Crippen MR) is 82.0 cm³/mol. The largest absolute Gasteiger partial charge is 0.493 e. The van der Waals surface area contributed by atoms with Gasteiger partial charge in [-0.15, -0.1) is 11.6 Å². The quantitative estimate of drug-likeness (QED) is 0.754. The molecule has 1 aromatic rings. The van der Waals surface area contributed by atoms with Crippen molar-refractivity contribution >= 4 is 31.5 Å². The number of nitrogens with one attached hydrogen (secondary N) is 1. The third-order valence-corrected chi connectivity index (χ3v) is 7.12. The molecule has 0 aromatic heterocycles. The molecular formula is C12H16ClNO6S2. The van der Waals surface area contributed by atoms with E-state index in [2.05, 4.69) is 4.72 Å². The maximum Gasteiger partial charge on any atom is 0.241 e. The molecule has 1 aliphatic rings. The smallest absolute Gasteiger partial charge is 0.241 e. The number of ether oxygens (including phenoxy) is 2. The standard InChI is InChI=1S/C12H16ClNO6S2/c1-19-11-4-3-8(5-12(11)20-2)22(17,18)14-10-7-21(15,16)6-9(10)13/h3-5,9-10,14H,6-7H2,1-2H3/t9-,10-/m0/s1. The molecule has 0 aliphatic carbocycles. The fraction of sp³-hybridized carbons (Fsp3) is 0.500. The van der Waals surface area contributed by atoms with Crippen LogP contribution < -0.4 is 14.2 Å². The van der Waals surface area contributed by atoms with Crippen LogP contribution in [0.4, 0.5) is 0 Å². The molecule has 1 aromatic carbocycles. The van der Waals surface area contributed by atoms with Crippen LogP contribution in [-0.2, 0) is 19.9 Å². The summed E-state index contributed by atoms with van der Waals surface area (Å²) in [7, 11) is -4.42. The van der Waals surface area contributed by atoms with E-state index in [0.717, 1.165) is 0 Å². The number of benzene rings is 1. The second kappa shape index (κ2) is 6.23. The van der Waals surface area contributed by atoms with Crippen molar-refractivity contribution in [3.8, 4) is 11.5 Å². The van der Waals surface area contributed by atoms with E-state index >= 15 is 0 Å². The SMILES string of the molecule is COc1ccc(S(=O)(=O)N[C@H]2CS(=O)(=O)C[C@@H]2Cl)cc1OC. The maximum absolute atomic E-state index is 12.4. The van der Waals surface area contributed by atoms with Gasteiger partial charge in [-0.1, -0.05) is 0 Å². The van der Waals surface area contributed by atoms with Crippen LogP contribution in [0.2, 0.25) is 0 Å². The lowest BCUT2D eigenvalue weighted by Gasteiger charge is -2.15. The average molecular weight is 370 g/mol. The first kappa shape index (κ1) is 17.3. The van der Waals surface area contributed by atoms with Crippen molar-refractivity contribution in [3.63, 3.8) is 0 Å². The van der Waals surface area contributed by atoms with Crippen LogP contribution in [0, 0.1) is 0 Å². The highest BCUT2D eigenvalue weighted by molar-refractivity contribution is 7.92. The highest BCUT2D eigenvalue weighted by Crippen LogP contribution is 2.30. The van der Waals surface area contributed by atoms with Crippen LogP contribution >= 0.6 is 11.6 Å². The molecule has 2 atom stereocenters. The molecule has 0 amide bonds. The van der Waals surface area contributed by atoms with Crippen molar-refractivity contribution in [1.29, 1.82) is 0 Å². The Morgan fingerprint density at radius 2 is 1.82 bits per heavy atom. The predicted octanol–water partition coefficient (Wildman–Crippen LogP) is 0.386. The summed E-state index contributed by atoms with van der Waals surface area (Å²) in [6, 6.07) is 3.24. The van der Waals surface area contributed by atoms with Gasteiger partial charge in [-0.2, -0.15) is 0 Å². The summed E-state index contributed by atoms with van der Waals surface area (Å²) in [5.41, 5.74) is 0. The Hall–Kier alpha value is -1.03. The van der Waals surface area contributed by atoms with Crippen LogP contribution in [0.1, 0.15) is 0 Å². The second-order valence-corrected chi connectivity index (χ2v) is 9.27. The summed E-state index contributed by atoms with van der Waals surface area (Å²) >= 11 is 5.91. The molecule has 0 saturated carbocycles. The molecule has 0 bridgehead atoms. The van der Waals surface area contributed by atoms with Gasteiger partial charge >= 0.3 is 0 Å². The van der Waals surface area contributed by atoms with E-state index in [1.165, 1.54) is 32.4 Å². The monoisotopic (exact) mass is 369 g/mol. The molecule has 124 valence electrons. The molecule has 2 rings (SSSR count). The van der Waals surface area contributed by atoms with Gasteiger partial charge in [0.15, 0.2) is 21.3 Å². The van der Waals surface area contributed by atoms with Crippen LogP contribution in [-0.4, -0.2) is 54.0 Å². The first-order chi connectivity index (χ1) is 10.2. The third kappa shape index (κ3) is 3.65. The van der Waals surface area contributed by atoms with Gasteiger partial charge in [-0.25, -0.2) is 21.6 Å². The molecule has 0 spiro atoms. The summed E-state index contributed by atoms with van der Waals surface area (Å²) in [4.78, 5) is -0.0571. The van der Waals surface area contributed by atoms with E-state index in [1.54, 1.807) is 0 Å². The van der Waals surface area contributed by atoms with Gasteiger partial charge in [0, 0.05) is 6.07 Å². The van der Waals surface area contributed by atoms with Crippen LogP contribution in [0.3, 0.4) is 0 Å². The van der Waals surface area contributed by atoms with Gasteiger partial charge in [0.05, 0.1) is 42.0 Å². The summed E-state index contributed by atoms with van der Waals surface area (Å²) < 4.78 is 60.1. The number of hydrogen-bond acceptors (Lipinski definition) is 6. The first-order valence-corrected chi connectivity index (χ1v) is 10.0. The lowest BCUT2D eigenvalue weighted by molar-refractivity contribution is 0.354. The zero-order valence-electron chi connectivity index (χ0n) is 11.9. The minimum atomic E-state index is -3.92. The molecule has 1 heterocycles. The number of halogens is 1. The fourth-order valence-corrected chi connectivity index (χ4v) is 6.19. The molecule has 1 N–H and O–H groups in total. The summed E-state index contributed by atoms with van der Waals surface area (Å²) in [6.07, 6.45) is 0. The number of sulfonamides is 1. The molecule has 10 heteroatoms. The van der Waals surface area contributed by atoms with Gasteiger partial charge in [-0.05, 0) is 12.1 Å². The summed E-state index contributed by atoms with van der Waals surface area (Å²) in [6.45, 7) is 0.